The van der Waals surface area contributed by atoms with Gasteiger partial charge in [-0.1, -0.05) is 11.6 Å². The van der Waals surface area contributed by atoms with Gasteiger partial charge in [0, 0.05) is 24.1 Å². The van der Waals surface area contributed by atoms with Crippen LogP contribution < -0.4 is 5.46 Å². The topological polar surface area (TPSA) is 71.2 Å². The van der Waals surface area contributed by atoms with E-state index in [1.54, 1.807) is 18.5 Å². The number of pyridine rings is 1. The van der Waals surface area contributed by atoms with Gasteiger partial charge in [-0.3, -0.25) is 0 Å². The van der Waals surface area contributed by atoms with Gasteiger partial charge in [-0.2, -0.15) is 5.10 Å². The molecule has 0 aliphatic rings. The van der Waals surface area contributed by atoms with Crippen LogP contribution in [0.5, 0.6) is 0 Å². The first-order valence-corrected chi connectivity index (χ1v) is 4.58. The molecule has 2 rings (SSSR count). The molecule has 0 aromatic carbocycles. The predicted octanol–water partition coefficient (Wildman–Crippen LogP) is -0.400. The van der Waals surface area contributed by atoms with Crippen molar-refractivity contribution in [2.45, 2.75) is 0 Å². The van der Waals surface area contributed by atoms with Gasteiger partial charge in [-0.15, -0.1) is 0 Å². The summed E-state index contributed by atoms with van der Waals surface area (Å²) in [4.78, 5) is 3.99. The molecule has 2 aromatic heterocycles. The maximum Gasteiger partial charge on any atom is 0.490 e. The quantitative estimate of drug-likeness (QED) is 0.680. The van der Waals surface area contributed by atoms with Gasteiger partial charge in [-0.25, -0.2) is 9.67 Å². The number of nitrogens with zero attached hydrogens (tertiary/aromatic N) is 3. The lowest BCUT2D eigenvalue weighted by molar-refractivity contribution is 0.425. The molecule has 0 aliphatic carbocycles. The molecule has 0 unspecified atom stereocenters. The summed E-state index contributed by atoms with van der Waals surface area (Å²) in [6.45, 7) is 0. The lowest BCUT2D eigenvalue weighted by atomic mass is 9.82. The second kappa shape index (κ2) is 4.02. The van der Waals surface area contributed by atoms with Crippen molar-refractivity contribution in [3.63, 3.8) is 0 Å². The average molecular weight is 223 g/mol. The molecule has 0 bridgehead atoms. The van der Waals surface area contributed by atoms with Crippen LogP contribution in [0, 0.1) is 0 Å². The van der Waals surface area contributed by atoms with Crippen LogP contribution in [0.15, 0.2) is 30.7 Å². The van der Waals surface area contributed by atoms with Gasteiger partial charge in [-0.05, 0) is 12.1 Å². The second-order valence-electron chi connectivity index (χ2n) is 2.90. The lowest BCUT2D eigenvalue weighted by Gasteiger charge is -2.05. The summed E-state index contributed by atoms with van der Waals surface area (Å²) in [5, 5.41) is 22.1. The van der Waals surface area contributed by atoms with Gasteiger partial charge < -0.3 is 10.0 Å². The normalized spacial score (nSPS) is 10.3. The molecular formula is C8H7BClN3O2. The van der Waals surface area contributed by atoms with Gasteiger partial charge >= 0.3 is 7.12 Å². The average Bonchev–Trinajstić information content (AvgIpc) is 2.70. The van der Waals surface area contributed by atoms with Crippen LogP contribution in [0.2, 0.25) is 5.02 Å². The summed E-state index contributed by atoms with van der Waals surface area (Å²) in [5.41, 5.74) is 0.246. The summed E-state index contributed by atoms with van der Waals surface area (Å²) >= 11 is 5.92. The fourth-order valence-corrected chi connectivity index (χ4v) is 1.41. The second-order valence-corrected chi connectivity index (χ2v) is 3.31. The van der Waals surface area contributed by atoms with Crippen molar-refractivity contribution in [1.29, 1.82) is 0 Å². The Kier molecular flexibility index (Phi) is 2.72. The minimum atomic E-state index is -1.57. The Bertz CT molecular complexity index is 461. The summed E-state index contributed by atoms with van der Waals surface area (Å²) in [5.74, 6) is 0.450. The zero-order chi connectivity index (χ0) is 10.8. The van der Waals surface area contributed by atoms with Crippen molar-refractivity contribution in [2.24, 2.45) is 0 Å². The minimum Gasteiger partial charge on any atom is -0.423 e. The molecule has 0 atom stereocenters. The van der Waals surface area contributed by atoms with E-state index in [2.05, 4.69) is 10.1 Å². The van der Waals surface area contributed by atoms with E-state index in [9.17, 15) is 0 Å². The van der Waals surface area contributed by atoms with Crippen LogP contribution in [0.25, 0.3) is 5.82 Å². The fraction of sp³-hybridized carbons (Fsp3) is 0. The maximum atomic E-state index is 8.90. The van der Waals surface area contributed by atoms with E-state index in [1.807, 2.05) is 0 Å². The van der Waals surface area contributed by atoms with Crippen LogP contribution in [0.4, 0.5) is 0 Å². The Morgan fingerprint density at radius 2 is 2.20 bits per heavy atom. The molecule has 0 saturated heterocycles. The molecule has 0 saturated carbocycles. The number of halogens is 1. The zero-order valence-electron chi connectivity index (χ0n) is 7.58. The Morgan fingerprint density at radius 3 is 2.73 bits per heavy atom. The van der Waals surface area contributed by atoms with Gasteiger partial charge in [0.25, 0.3) is 0 Å². The van der Waals surface area contributed by atoms with Crippen molar-refractivity contribution < 1.29 is 10.0 Å². The zero-order valence-corrected chi connectivity index (χ0v) is 8.33. The van der Waals surface area contributed by atoms with Crippen molar-refractivity contribution in [3.05, 3.63) is 35.7 Å². The Labute approximate surface area is 91.1 Å². The van der Waals surface area contributed by atoms with E-state index in [4.69, 9.17) is 21.6 Å². The first-order chi connectivity index (χ1) is 7.18. The van der Waals surface area contributed by atoms with E-state index in [1.165, 1.54) is 16.9 Å². The summed E-state index contributed by atoms with van der Waals surface area (Å²) in [6, 6.07) is 3.18. The maximum absolute atomic E-state index is 8.90. The molecule has 15 heavy (non-hydrogen) atoms. The largest absolute Gasteiger partial charge is 0.490 e. The molecule has 0 fully saturated rings. The van der Waals surface area contributed by atoms with Crippen molar-refractivity contribution >= 4 is 24.2 Å². The molecule has 76 valence electrons. The van der Waals surface area contributed by atoms with Crippen LogP contribution >= 0.6 is 11.6 Å². The van der Waals surface area contributed by atoms with Gasteiger partial charge in [0.05, 0.1) is 5.02 Å². The number of hydrogen-bond donors (Lipinski definition) is 2. The highest BCUT2D eigenvalue weighted by atomic mass is 35.5. The Balaban J connectivity index is 2.44. The molecule has 0 amide bonds. The third-order valence-corrected chi connectivity index (χ3v) is 2.14. The lowest BCUT2D eigenvalue weighted by Crippen LogP contribution is -2.30. The molecule has 2 heterocycles. The molecule has 7 heteroatoms. The molecule has 0 radical (unpaired) electrons. The van der Waals surface area contributed by atoms with Gasteiger partial charge in [0.2, 0.25) is 0 Å². The third-order valence-electron chi connectivity index (χ3n) is 1.86. The summed E-state index contributed by atoms with van der Waals surface area (Å²) < 4.78 is 1.50. The Morgan fingerprint density at radius 1 is 1.40 bits per heavy atom. The van der Waals surface area contributed by atoms with Crippen molar-refractivity contribution in [3.8, 4) is 5.82 Å². The van der Waals surface area contributed by atoms with Crippen molar-refractivity contribution in [2.75, 3.05) is 0 Å². The highest BCUT2D eigenvalue weighted by molar-refractivity contribution is 6.58. The summed E-state index contributed by atoms with van der Waals surface area (Å²) in [6.07, 6.45) is 4.64. The highest BCUT2D eigenvalue weighted by Crippen LogP contribution is 2.14. The van der Waals surface area contributed by atoms with Gasteiger partial charge in [0.15, 0.2) is 5.82 Å². The van der Waals surface area contributed by atoms with Crippen LogP contribution in [-0.2, 0) is 0 Å². The Hall–Kier alpha value is -1.37. The standard InChI is InChI=1S/C8H7BClN3O2/c10-7-4-6(9(14)15)5-11-8(7)13-3-1-2-12-13/h1-5,14-15H. The fourth-order valence-electron chi connectivity index (χ4n) is 1.15. The van der Waals surface area contributed by atoms with Gasteiger partial charge in [0.1, 0.15) is 0 Å². The molecular weight excluding hydrogens is 216 g/mol. The minimum absolute atomic E-state index is 0.246. The third kappa shape index (κ3) is 2.01. The smallest absolute Gasteiger partial charge is 0.423 e. The van der Waals surface area contributed by atoms with E-state index in [-0.39, 0.29) is 5.46 Å². The first kappa shape index (κ1) is 10.2. The number of rotatable bonds is 2. The van der Waals surface area contributed by atoms with E-state index in [0.29, 0.717) is 10.8 Å². The summed E-state index contributed by atoms with van der Waals surface area (Å²) in [7, 11) is -1.57. The molecule has 5 nitrogen and oxygen atoms in total. The highest BCUT2D eigenvalue weighted by Gasteiger charge is 2.14. The first-order valence-electron chi connectivity index (χ1n) is 4.20. The van der Waals surface area contributed by atoms with E-state index >= 15 is 0 Å². The number of aromatic nitrogens is 3. The molecule has 2 N–H and O–H groups in total. The van der Waals surface area contributed by atoms with E-state index < -0.39 is 7.12 Å². The molecule has 2 aromatic rings. The van der Waals surface area contributed by atoms with Crippen LogP contribution in [0.1, 0.15) is 0 Å². The SMILES string of the molecule is OB(O)c1cnc(-n2cccn2)c(Cl)c1. The predicted molar refractivity (Wildman–Crippen MR) is 56.2 cm³/mol. The molecule has 0 spiro atoms. The number of hydrogen-bond acceptors (Lipinski definition) is 4. The van der Waals surface area contributed by atoms with Crippen LogP contribution in [-0.4, -0.2) is 31.9 Å². The molecule has 0 aliphatic heterocycles. The van der Waals surface area contributed by atoms with Crippen LogP contribution in [0.3, 0.4) is 0 Å². The van der Waals surface area contributed by atoms with Crippen molar-refractivity contribution in [1.82, 2.24) is 14.8 Å². The van der Waals surface area contributed by atoms with E-state index in [0.717, 1.165) is 0 Å². The monoisotopic (exact) mass is 223 g/mol.